The summed E-state index contributed by atoms with van der Waals surface area (Å²) in [5.74, 6) is 0.00457. The van der Waals surface area contributed by atoms with Crippen LogP contribution in [-0.2, 0) is 6.61 Å². The van der Waals surface area contributed by atoms with E-state index in [2.05, 4.69) is 0 Å². The number of hydrogen-bond donors (Lipinski definition) is 1. The third-order valence-corrected chi connectivity index (χ3v) is 2.46. The monoisotopic (exact) mass is 243 g/mol. The molecular formula is C14H10FNO2. The average molecular weight is 243 g/mol. The van der Waals surface area contributed by atoms with Crippen LogP contribution in [0.15, 0.2) is 42.5 Å². The summed E-state index contributed by atoms with van der Waals surface area (Å²) >= 11 is 0. The Morgan fingerprint density at radius 1 is 1.11 bits per heavy atom. The highest BCUT2D eigenvalue weighted by Gasteiger charge is 2.11. The molecule has 0 amide bonds. The highest BCUT2D eigenvalue weighted by molar-refractivity contribution is 5.46. The first-order chi connectivity index (χ1) is 8.76. The summed E-state index contributed by atoms with van der Waals surface area (Å²) in [4.78, 5) is 0. The van der Waals surface area contributed by atoms with Gasteiger partial charge in [0.15, 0.2) is 0 Å². The largest absolute Gasteiger partial charge is 0.455 e. The predicted octanol–water partition coefficient (Wildman–Crippen LogP) is 2.98. The van der Waals surface area contributed by atoms with Crippen molar-refractivity contribution in [3.05, 3.63) is 59.4 Å². The Morgan fingerprint density at radius 3 is 2.56 bits per heavy atom. The smallest absolute Gasteiger partial charge is 0.145 e. The maximum Gasteiger partial charge on any atom is 0.145 e. The molecule has 2 rings (SSSR count). The van der Waals surface area contributed by atoms with Gasteiger partial charge < -0.3 is 9.84 Å². The first kappa shape index (κ1) is 12.1. The van der Waals surface area contributed by atoms with E-state index in [1.807, 2.05) is 6.07 Å². The molecule has 0 aliphatic heterocycles. The molecular weight excluding hydrogens is 233 g/mol. The SMILES string of the molecule is N#Cc1ccccc1Oc1cccc(F)c1CO. The Bertz CT molecular complexity index is 605. The Labute approximate surface area is 104 Å². The van der Waals surface area contributed by atoms with Gasteiger partial charge in [-0.15, -0.1) is 0 Å². The molecule has 18 heavy (non-hydrogen) atoms. The van der Waals surface area contributed by atoms with Gasteiger partial charge in [0.2, 0.25) is 0 Å². The number of ether oxygens (including phenoxy) is 1. The van der Waals surface area contributed by atoms with E-state index in [0.717, 1.165) is 0 Å². The molecule has 0 spiro atoms. The van der Waals surface area contributed by atoms with Gasteiger partial charge in [0, 0.05) is 0 Å². The zero-order valence-electron chi connectivity index (χ0n) is 9.43. The van der Waals surface area contributed by atoms with Crippen LogP contribution in [0.1, 0.15) is 11.1 Å². The molecule has 1 N–H and O–H groups in total. The fourth-order valence-electron chi connectivity index (χ4n) is 1.55. The predicted molar refractivity (Wildman–Crippen MR) is 63.6 cm³/mol. The zero-order valence-corrected chi connectivity index (χ0v) is 9.43. The molecule has 0 bridgehead atoms. The average Bonchev–Trinajstić information content (AvgIpc) is 2.40. The molecule has 0 saturated heterocycles. The van der Waals surface area contributed by atoms with E-state index in [4.69, 9.17) is 15.1 Å². The number of benzene rings is 2. The molecule has 0 aliphatic carbocycles. The standard InChI is InChI=1S/C14H10FNO2/c15-12-5-3-7-14(11(12)9-17)18-13-6-2-1-4-10(13)8-16/h1-7,17H,9H2. The van der Waals surface area contributed by atoms with Gasteiger partial charge in [0.05, 0.1) is 17.7 Å². The van der Waals surface area contributed by atoms with Crippen molar-refractivity contribution in [2.24, 2.45) is 0 Å². The van der Waals surface area contributed by atoms with Gasteiger partial charge in [-0.1, -0.05) is 18.2 Å². The van der Waals surface area contributed by atoms with Crippen molar-refractivity contribution in [1.82, 2.24) is 0 Å². The Kier molecular flexibility index (Phi) is 3.56. The van der Waals surface area contributed by atoms with Crippen molar-refractivity contribution in [2.45, 2.75) is 6.61 Å². The van der Waals surface area contributed by atoms with E-state index in [1.54, 1.807) is 30.3 Å². The zero-order chi connectivity index (χ0) is 13.0. The normalized spacial score (nSPS) is 9.83. The number of aliphatic hydroxyl groups is 1. The number of para-hydroxylation sites is 1. The van der Waals surface area contributed by atoms with Crippen molar-refractivity contribution < 1.29 is 14.2 Å². The van der Waals surface area contributed by atoms with Crippen LogP contribution < -0.4 is 4.74 Å². The quantitative estimate of drug-likeness (QED) is 0.901. The highest BCUT2D eigenvalue weighted by Crippen LogP contribution is 2.29. The van der Waals surface area contributed by atoms with Gasteiger partial charge in [-0.2, -0.15) is 5.26 Å². The maximum atomic E-state index is 13.4. The Hall–Kier alpha value is -2.38. The molecule has 3 nitrogen and oxygen atoms in total. The van der Waals surface area contributed by atoms with E-state index >= 15 is 0 Å². The van der Waals surface area contributed by atoms with Crippen LogP contribution >= 0.6 is 0 Å². The third kappa shape index (κ3) is 2.31. The molecule has 0 heterocycles. The number of halogens is 1. The van der Waals surface area contributed by atoms with Gasteiger partial charge in [-0.3, -0.25) is 0 Å². The van der Waals surface area contributed by atoms with Gasteiger partial charge in [-0.25, -0.2) is 4.39 Å². The van der Waals surface area contributed by atoms with Gasteiger partial charge >= 0.3 is 0 Å². The molecule has 2 aromatic rings. The second-order valence-electron chi connectivity index (χ2n) is 3.58. The summed E-state index contributed by atoms with van der Waals surface area (Å²) in [6.07, 6.45) is 0. The fraction of sp³-hybridized carbons (Fsp3) is 0.0714. The third-order valence-electron chi connectivity index (χ3n) is 2.46. The van der Waals surface area contributed by atoms with Crippen LogP contribution in [0.3, 0.4) is 0 Å². The molecule has 0 aliphatic rings. The molecule has 4 heteroatoms. The van der Waals surface area contributed by atoms with Crippen LogP contribution in [0.4, 0.5) is 4.39 Å². The first-order valence-corrected chi connectivity index (χ1v) is 5.31. The van der Waals surface area contributed by atoms with Crippen molar-refractivity contribution in [2.75, 3.05) is 0 Å². The van der Waals surface area contributed by atoms with E-state index in [-0.39, 0.29) is 11.3 Å². The second kappa shape index (κ2) is 5.30. The lowest BCUT2D eigenvalue weighted by molar-refractivity contribution is 0.270. The van der Waals surface area contributed by atoms with Gasteiger partial charge in [-0.05, 0) is 24.3 Å². The molecule has 2 aromatic carbocycles. The number of nitriles is 1. The van der Waals surface area contributed by atoms with Crippen molar-refractivity contribution in [1.29, 1.82) is 5.26 Å². The van der Waals surface area contributed by atoms with Gasteiger partial charge in [0.1, 0.15) is 23.4 Å². The summed E-state index contributed by atoms with van der Waals surface area (Å²) < 4.78 is 18.9. The highest BCUT2D eigenvalue weighted by atomic mass is 19.1. The molecule has 0 fully saturated rings. The van der Waals surface area contributed by atoms with E-state index in [9.17, 15) is 4.39 Å². The number of hydrogen-bond acceptors (Lipinski definition) is 3. The Morgan fingerprint density at radius 2 is 1.83 bits per heavy atom. The van der Waals surface area contributed by atoms with E-state index < -0.39 is 12.4 Å². The molecule has 0 aromatic heterocycles. The van der Waals surface area contributed by atoms with Crippen LogP contribution in [0.5, 0.6) is 11.5 Å². The van der Waals surface area contributed by atoms with Gasteiger partial charge in [0.25, 0.3) is 0 Å². The molecule has 0 saturated carbocycles. The van der Waals surface area contributed by atoms with E-state index in [1.165, 1.54) is 12.1 Å². The summed E-state index contributed by atoms with van der Waals surface area (Å²) in [5.41, 5.74) is 0.427. The summed E-state index contributed by atoms with van der Waals surface area (Å²) in [5, 5.41) is 18.0. The topological polar surface area (TPSA) is 53.2 Å². The van der Waals surface area contributed by atoms with Crippen LogP contribution in [0.2, 0.25) is 0 Å². The molecule has 0 radical (unpaired) electrons. The van der Waals surface area contributed by atoms with Crippen LogP contribution in [-0.4, -0.2) is 5.11 Å². The van der Waals surface area contributed by atoms with Crippen molar-refractivity contribution in [3.63, 3.8) is 0 Å². The lowest BCUT2D eigenvalue weighted by Crippen LogP contribution is -1.96. The minimum absolute atomic E-state index is 0.0743. The first-order valence-electron chi connectivity index (χ1n) is 5.31. The van der Waals surface area contributed by atoms with Crippen LogP contribution in [0, 0.1) is 17.1 Å². The van der Waals surface area contributed by atoms with Crippen molar-refractivity contribution >= 4 is 0 Å². The van der Waals surface area contributed by atoms with E-state index in [0.29, 0.717) is 11.3 Å². The Balaban J connectivity index is 2.41. The van der Waals surface area contributed by atoms with Crippen LogP contribution in [0.25, 0.3) is 0 Å². The minimum atomic E-state index is -0.538. The summed E-state index contributed by atoms with van der Waals surface area (Å²) in [6.45, 7) is -0.462. The second-order valence-corrected chi connectivity index (χ2v) is 3.58. The molecule has 0 unspecified atom stereocenters. The molecule has 90 valence electrons. The summed E-state index contributed by atoms with van der Waals surface area (Å²) in [6, 6.07) is 12.9. The van der Waals surface area contributed by atoms with Crippen molar-refractivity contribution in [3.8, 4) is 17.6 Å². The number of nitrogens with zero attached hydrogens (tertiary/aromatic N) is 1. The fourth-order valence-corrected chi connectivity index (χ4v) is 1.55. The maximum absolute atomic E-state index is 13.4. The number of aliphatic hydroxyl groups excluding tert-OH is 1. The summed E-state index contributed by atoms with van der Waals surface area (Å²) in [7, 11) is 0. The number of rotatable bonds is 3. The lowest BCUT2D eigenvalue weighted by Gasteiger charge is -2.11. The molecule has 0 atom stereocenters. The minimum Gasteiger partial charge on any atom is -0.455 e. The lowest BCUT2D eigenvalue weighted by atomic mass is 10.2.